The van der Waals surface area contributed by atoms with Crippen molar-refractivity contribution in [2.24, 2.45) is 0 Å². The van der Waals surface area contributed by atoms with Gasteiger partial charge < -0.3 is 9.84 Å². The Hall–Kier alpha value is -1.58. The molecular weight excluding hydrogens is 291 g/mol. The van der Waals surface area contributed by atoms with E-state index in [9.17, 15) is 9.50 Å². The second-order valence-corrected chi connectivity index (χ2v) is 5.73. The molecule has 0 saturated carbocycles. The van der Waals surface area contributed by atoms with Crippen molar-refractivity contribution >= 4 is 11.6 Å². The minimum absolute atomic E-state index is 0.167. The molecule has 0 spiro atoms. The van der Waals surface area contributed by atoms with Gasteiger partial charge in [0.2, 0.25) is 0 Å². The standard InChI is InChI=1S/C17H16ClFO2/c18-12-5-6-14(15(19)10-12)16(20)9-11-7-8-21-17-4-2-1-3-13(11)17/h1-6,10-11,16,20H,7-9H2. The van der Waals surface area contributed by atoms with E-state index in [1.807, 2.05) is 24.3 Å². The molecule has 2 aromatic carbocycles. The number of benzene rings is 2. The fraction of sp³-hybridized carbons (Fsp3) is 0.294. The van der Waals surface area contributed by atoms with Crippen molar-refractivity contribution in [1.29, 1.82) is 0 Å². The van der Waals surface area contributed by atoms with Crippen LogP contribution >= 0.6 is 11.6 Å². The molecular formula is C17H16ClFO2. The van der Waals surface area contributed by atoms with Crippen molar-refractivity contribution in [1.82, 2.24) is 0 Å². The van der Waals surface area contributed by atoms with Crippen molar-refractivity contribution in [3.63, 3.8) is 0 Å². The number of hydrogen-bond donors (Lipinski definition) is 1. The van der Waals surface area contributed by atoms with Crippen molar-refractivity contribution in [3.8, 4) is 5.75 Å². The number of aliphatic hydroxyl groups is 1. The van der Waals surface area contributed by atoms with E-state index in [0.717, 1.165) is 17.7 Å². The molecule has 0 radical (unpaired) electrons. The predicted molar refractivity (Wildman–Crippen MR) is 80.3 cm³/mol. The third-order valence-corrected chi connectivity index (χ3v) is 4.15. The van der Waals surface area contributed by atoms with Crippen LogP contribution in [-0.4, -0.2) is 11.7 Å². The zero-order valence-electron chi connectivity index (χ0n) is 11.4. The van der Waals surface area contributed by atoms with E-state index in [1.165, 1.54) is 6.07 Å². The summed E-state index contributed by atoms with van der Waals surface area (Å²) in [4.78, 5) is 0. The zero-order chi connectivity index (χ0) is 14.8. The topological polar surface area (TPSA) is 29.5 Å². The number of fused-ring (bicyclic) bond motifs is 1. The molecule has 2 unspecified atom stereocenters. The van der Waals surface area contributed by atoms with Crippen molar-refractivity contribution in [2.75, 3.05) is 6.61 Å². The number of para-hydroxylation sites is 1. The first-order valence-electron chi connectivity index (χ1n) is 7.00. The lowest BCUT2D eigenvalue weighted by atomic mass is 9.86. The highest BCUT2D eigenvalue weighted by Crippen LogP contribution is 2.39. The molecule has 2 aromatic rings. The summed E-state index contributed by atoms with van der Waals surface area (Å²) in [6.45, 7) is 0.623. The highest BCUT2D eigenvalue weighted by Gasteiger charge is 2.25. The minimum Gasteiger partial charge on any atom is -0.493 e. The van der Waals surface area contributed by atoms with Gasteiger partial charge in [-0.25, -0.2) is 4.39 Å². The van der Waals surface area contributed by atoms with Gasteiger partial charge in [0, 0.05) is 10.6 Å². The Kier molecular flexibility index (Phi) is 4.13. The number of halogens is 2. The van der Waals surface area contributed by atoms with Crippen LogP contribution in [-0.2, 0) is 0 Å². The first kappa shape index (κ1) is 14.4. The number of hydrogen-bond acceptors (Lipinski definition) is 2. The minimum atomic E-state index is -0.849. The predicted octanol–water partition coefficient (Wildman–Crippen LogP) is 4.47. The average molecular weight is 307 g/mol. The van der Waals surface area contributed by atoms with Gasteiger partial charge in [-0.3, -0.25) is 0 Å². The number of rotatable bonds is 3. The molecule has 1 aliphatic rings. The largest absolute Gasteiger partial charge is 0.493 e. The summed E-state index contributed by atoms with van der Waals surface area (Å²) in [7, 11) is 0. The first-order valence-corrected chi connectivity index (χ1v) is 7.37. The summed E-state index contributed by atoms with van der Waals surface area (Å²) in [5.74, 6) is 0.563. The maximum absolute atomic E-state index is 13.9. The first-order chi connectivity index (χ1) is 10.1. The van der Waals surface area contributed by atoms with Gasteiger partial charge in [-0.1, -0.05) is 35.9 Å². The van der Waals surface area contributed by atoms with Gasteiger partial charge in [-0.2, -0.15) is 0 Å². The fourth-order valence-electron chi connectivity index (χ4n) is 2.83. The maximum atomic E-state index is 13.9. The second-order valence-electron chi connectivity index (χ2n) is 5.29. The van der Waals surface area contributed by atoms with Crippen LogP contribution in [0.4, 0.5) is 4.39 Å². The molecule has 0 aromatic heterocycles. The lowest BCUT2D eigenvalue weighted by molar-refractivity contribution is 0.141. The van der Waals surface area contributed by atoms with Crippen LogP contribution in [0.2, 0.25) is 5.02 Å². The second kappa shape index (κ2) is 6.04. The Bertz CT molecular complexity index is 644. The lowest BCUT2D eigenvalue weighted by Crippen LogP contribution is -2.16. The molecule has 21 heavy (non-hydrogen) atoms. The summed E-state index contributed by atoms with van der Waals surface area (Å²) < 4.78 is 19.5. The molecule has 0 saturated heterocycles. The number of ether oxygens (including phenoxy) is 1. The van der Waals surface area contributed by atoms with E-state index in [4.69, 9.17) is 16.3 Å². The molecule has 110 valence electrons. The molecule has 2 nitrogen and oxygen atoms in total. The van der Waals surface area contributed by atoms with Crippen LogP contribution in [0, 0.1) is 5.82 Å². The number of aliphatic hydroxyl groups excluding tert-OH is 1. The average Bonchev–Trinajstić information content (AvgIpc) is 2.47. The molecule has 0 amide bonds. The smallest absolute Gasteiger partial charge is 0.130 e. The van der Waals surface area contributed by atoms with Crippen LogP contribution in [0.15, 0.2) is 42.5 Å². The fourth-order valence-corrected chi connectivity index (χ4v) is 2.99. The van der Waals surface area contributed by atoms with Crippen LogP contribution in [0.1, 0.15) is 36.0 Å². The van der Waals surface area contributed by atoms with E-state index in [2.05, 4.69) is 0 Å². The normalized spacial score (nSPS) is 18.7. The zero-order valence-corrected chi connectivity index (χ0v) is 12.2. The summed E-state index contributed by atoms with van der Waals surface area (Å²) >= 11 is 5.74. The quantitative estimate of drug-likeness (QED) is 0.906. The van der Waals surface area contributed by atoms with E-state index in [1.54, 1.807) is 12.1 Å². The van der Waals surface area contributed by atoms with E-state index < -0.39 is 11.9 Å². The van der Waals surface area contributed by atoms with Crippen LogP contribution in [0.3, 0.4) is 0 Å². The van der Waals surface area contributed by atoms with E-state index in [0.29, 0.717) is 23.6 Å². The molecule has 3 rings (SSSR count). The van der Waals surface area contributed by atoms with Gasteiger partial charge in [0.1, 0.15) is 11.6 Å². The molecule has 1 heterocycles. The molecule has 1 N–H and O–H groups in total. The highest BCUT2D eigenvalue weighted by molar-refractivity contribution is 6.30. The van der Waals surface area contributed by atoms with Crippen molar-refractivity contribution in [3.05, 3.63) is 64.4 Å². The van der Waals surface area contributed by atoms with Gasteiger partial charge in [0.05, 0.1) is 12.7 Å². The van der Waals surface area contributed by atoms with Crippen LogP contribution in [0.25, 0.3) is 0 Å². The molecule has 0 aliphatic carbocycles. The highest BCUT2D eigenvalue weighted by atomic mass is 35.5. The Labute approximate surface area is 128 Å². The molecule has 0 bridgehead atoms. The third-order valence-electron chi connectivity index (χ3n) is 3.91. The van der Waals surface area contributed by atoms with Crippen LogP contribution < -0.4 is 4.74 Å². The molecule has 2 atom stereocenters. The molecule has 0 fully saturated rings. The monoisotopic (exact) mass is 306 g/mol. The Balaban J connectivity index is 1.81. The van der Waals surface area contributed by atoms with Crippen molar-refractivity contribution in [2.45, 2.75) is 24.9 Å². The van der Waals surface area contributed by atoms with Crippen molar-refractivity contribution < 1.29 is 14.2 Å². The Morgan fingerprint density at radius 1 is 1.29 bits per heavy atom. The Morgan fingerprint density at radius 3 is 2.90 bits per heavy atom. The summed E-state index contributed by atoms with van der Waals surface area (Å²) in [6.07, 6.45) is 0.445. The van der Waals surface area contributed by atoms with Gasteiger partial charge in [0.15, 0.2) is 0 Å². The van der Waals surface area contributed by atoms with Gasteiger partial charge in [-0.15, -0.1) is 0 Å². The van der Waals surface area contributed by atoms with Gasteiger partial charge >= 0.3 is 0 Å². The van der Waals surface area contributed by atoms with E-state index in [-0.39, 0.29) is 5.92 Å². The molecule has 4 heteroatoms. The summed E-state index contributed by atoms with van der Waals surface area (Å²) in [5, 5.41) is 10.7. The summed E-state index contributed by atoms with van der Waals surface area (Å²) in [5.41, 5.74) is 1.38. The summed E-state index contributed by atoms with van der Waals surface area (Å²) in [6, 6.07) is 12.2. The SMILES string of the molecule is OC(CC1CCOc2ccccc21)c1ccc(Cl)cc1F. The lowest BCUT2D eigenvalue weighted by Gasteiger charge is -2.27. The Morgan fingerprint density at radius 2 is 2.10 bits per heavy atom. The van der Waals surface area contributed by atoms with Crippen LogP contribution in [0.5, 0.6) is 5.75 Å². The molecule has 1 aliphatic heterocycles. The van der Waals surface area contributed by atoms with E-state index >= 15 is 0 Å². The van der Waals surface area contributed by atoms with Gasteiger partial charge in [0.25, 0.3) is 0 Å². The third kappa shape index (κ3) is 3.04. The van der Waals surface area contributed by atoms with Gasteiger partial charge in [-0.05, 0) is 42.5 Å². The maximum Gasteiger partial charge on any atom is 0.130 e.